The van der Waals surface area contributed by atoms with E-state index in [0.717, 1.165) is 6.42 Å². The van der Waals surface area contributed by atoms with Crippen LogP contribution in [0.4, 0.5) is 0 Å². The molecule has 2 aliphatic heterocycles. The van der Waals surface area contributed by atoms with Gasteiger partial charge in [-0.2, -0.15) is 0 Å². The van der Waals surface area contributed by atoms with E-state index >= 15 is 0 Å². The molecule has 0 amide bonds. The summed E-state index contributed by atoms with van der Waals surface area (Å²) >= 11 is 0. The van der Waals surface area contributed by atoms with Crippen LogP contribution in [-0.4, -0.2) is 49.6 Å². The van der Waals surface area contributed by atoms with Gasteiger partial charge in [-0.05, 0) is 26.7 Å². The van der Waals surface area contributed by atoms with Crippen LogP contribution in [0, 0.1) is 11.8 Å². The standard InChI is InChI=1S/C16H22O6/c1-9-13(21-9)7-19-15(17)11-5-3-4-6-12(11)16(18)20-8-14-10(2)22-14/h3,5,9-14H,4,6-8H2,1-2H3. The topological polar surface area (TPSA) is 77.7 Å². The lowest BCUT2D eigenvalue weighted by Crippen LogP contribution is -2.34. The van der Waals surface area contributed by atoms with Crippen LogP contribution in [0.15, 0.2) is 12.2 Å². The average Bonchev–Trinajstić information content (AvgIpc) is 3.41. The Morgan fingerprint density at radius 1 is 1.05 bits per heavy atom. The number of carbonyl (C=O) groups excluding carboxylic acids is 2. The van der Waals surface area contributed by atoms with Gasteiger partial charge in [0.15, 0.2) is 0 Å². The maximum Gasteiger partial charge on any atom is 0.313 e. The molecule has 6 atom stereocenters. The normalized spacial score (nSPS) is 39.2. The zero-order valence-electron chi connectivity index (χ0n) is 12.9. The Kier molecular flexibility index (Phi) is 4.49. The molecule has 6 unspecified atom stereocenters. The third-order valence-corrected chi connectivity index (χ3v) is 4.45. The van der Waals surface area contributed by atoms with E-state index in [1.165, 1.54) is 0 Å². The lowest BCUT2D eigenvalue weighted by atomic mass is 9.84. The minimum absolute atomic E-state index is 0.00184. The van der Waals surface area contributed by atoms with E-state index in [4.69, 9.17) is 18.9 Å². The van der Waals surface area contributed by atoms with Crippen molar-refractivity contribution in [1.29, 1.82) is 0 Å². The Balaban J connectivity index is 1.50. The Labute approximate surface area is 129 Å². The molecule has 22 heavy (non-hydrogen) atoms. The van der Waals surface area contributed by atoms with E-state index in [9.17, 15) is 9.59 Å². The number of carbonyl (C=O) groups is 2. The van der Waals surface area contributed by atoms with Crippen molar-refractivity contribution in [3.8, 4) is 0 Å². The first-order valence-electron chi connectivity index (χ1n) is 7.87. The summed E-state index contributed by atoms with van der Waals surface area (Å²) in [6, 6.07) is 0. The largest absolute Gasteiger partial charge is 0.463 e. The molecular formula is C16H22O6. The highest BCUT2D eigenvalue weighted by molar-refractivity contribution is 5.84. The predicted molar refractivity (Wildman–Crippen MR) is 75.9 cm³/mol. The second-order valence-electron chi connectivity index (χ2n) is 6.16. The van der Waals surface area contributed by atoms with Gasteiger partial charge in [0.2, 0.25) is 0 Å². The van der Waals surface area contributed by atoms with Crippen molar-refractivity contribution in [2.24, 2.45) is 11.8 Å². The van der Waals surface area contributed by atoms with E-state index in [0.29, 0.717) is 6.42 Å². The van der Waals surface area contributed by atoms with Crippen LogP contribution >= 0.6 is 0 Å². The molecule has 3 aliphatic rings. The minimum atomic E-state index is -0.562. The second kappa shape index (κ2) is 6.38. The van der Waals surface area contributed by atoms with Crippen LogP contribution < -0.4 is 0 Å². The first-order chi connectivity index (χ1) is 10.6. The van der Waals surface area contributed by atoms with Crippen molar-refractivity contribution in [3.05, 3.63) is 12.2 Å². The van der Waals surface area contributed by atoms with Gasteiger partial charge in [-0.15, -0.1) is 0 Å². The summed E-state index contributed by atoms with van der Waals surface area (Å²) in [5, 5.41) is 0. The monoisotopic (exact) mass is 310 g/mol. The molecule has 6 nitrogen and oxygen atoms in total. The summed E-state index contributed by atoms with van der Waals surface area (Å²) in [5.74, 6) is -1.75. The molecule has 0 radical (unpaired) electrons. The first kappa shape index (κ1) is 15.5. The lowest BCUT2D eigenvalue weighted by molar-refractivity contribution is -0.160. The van der Waals surface area contributed by atoms with Gasteiger partial charge < -0.3 is 18.9 Å². The van der Waals surface area contributed by atoms with Crippen LogP contribution in [-0.2, 0) is 28.5 Å². The van der Waals surface area contributed by atoms with Crippen LogP contribution in [0.2, 0.25) is 0 Å². The Hall–Kier alpha value is -1.40. The SMILES string of the molecule is CC1OC1COC(=O)C1C=CCCC1C(=O)OCC1OC1C. The Morgan fingerprint density at radius 2 is 1.59 bits per heavy atom. The highest BCUT2D eigenvalue weighted by Gasteiger charge is 2.40. The van der Waals surface area contributed by atoms with E-state index < -0.39 is 11.8 Å². The number of ether oxygens (including phenoxy) is 4. The molecule has 0 aromatic rings. The minimum Gasteiger partial charge on any atom is -0.463 e. The number of hydrogen-bond donors (Lipinski definition) is 0. The van der Waals surface area contributed by atoms with Crippen LogP contribution in [0.5, 0.6) is 0 Å². The molecule has 0 N–H and O–H groups in total. The summed E-state index contributed by atoms with van der Waals surface area (Å²) < 4.78 is 21.0. The predicted octanol–water partition coefficient (Wildman–Crippen LogP) is 1.23. The molecule has 3 rings (SSSR count). The summed E-state index contributed by atoms with van der Waals surface area (Å²) in [7, 11) is 0. The molecule has 2 heterocycles. The van der Waals surface area contributed by atoms with Gasteiger partial charge in [0, 0.05) is 0 Å². The van der Waals surface area contributed by atoms with Crippen LogP contribution in [0.25, 0.3) is 0 Å². The highest BCUT2D eigenvalue weighted by Crippen LogP contribution is 2.29. The summed E-state index contributed by atoms with van der Waals surface area (Å²) in [4.78, 5) is 24.4. The molecule has 0 aromatic carbocycles. The van der Waals surface area contributed by atoms with E-state index in [-0.39, 0.29) is 49.6 Å². The average molecular weight is 310 g/mol. The molecule has 0 aromatic heterocycles. The van der Waals surface area contributed by atoms with Crippen molar-refractivity contribution >= 4 is 11.9 Å². The van der Waals surface area contributed by atoms with Crippen LogP contribution in [0.3, 0.4) is 0 Å². The highest BCUT2D eigenvalue weighted by atomic mass is 16.6. The second-order valence-corrected chi connectivity index (χ2v) is 6.16. The molecule has 0 bridgehead atoms. The van der Waals surface area contributed by atoms with Gasteiger partial charge in [0.1, 0.15) is 25.4 Å². The summed E-state index contributed by atoms with van der Waals surface area (Å²) in [6.45, 7) is 4.37. The van der Waals surface area contributed by atoms with E-state index in [1.807, 2.05) is 19.9 Å². The Morgan fingerprint density at radius 3 is 2.14 bits per heavy atom. The van der Waals surface area contributed by atoms with Gasteiger partial charge >= 0.3 is 11.9 Å². The molecule has 2 saturated heterocycles. The lowest BCUT2D eigenvalue weighted by Gasteiger charge is -2.24. The van der Waals surface area contributed by atoms with Crippen molar-refractivity contribution in [1.82, 2.24) is 0 Å². The summed E-state index contributed by atoms with van der Waals surface area (Å²) in [6.07, 6.45) is 5.34. The van der Waals surface area contributed by atoms with Gasteiger partial charge in [-0.1, -0.05) is 12.2 Å². The summed E-state index contributed by atoms with van der Waals surface area (Å²) in [5.41, 5.74) is 0. The molecular weight excluding hydrogens is 288 g/mol. The zero-order chi connectivity index (χ0) is 15.7. The number of epoxide rings is 2. The molecule has 0 saturated carbocycles. The first-order valence-corrected chi connectivity index (χ1v) is 7.87. The van der Waals surface area contributed by atoms with E-state index in [2.05, 4.69) is 0 Å². The molecule has 122 valence electrons. The van der Waals surface area contributed by atoms with Gasteiger partial charge in [0.25, 0.3) is 0 Å². The van der Waals surface area contributed by atoms with Crippen LogP contribution in [0.1, 0.15) is 26.7 Å². The smallest absolute Gasteiger partial charge is 0.313 e. The fourth-order valence-electron chi connectivity index (χ4n) is 2.68. The van der Waals surface area contributed by atoms with Crippen molar-refractivity contribution in [2.75, 3.05) is 13.2 Å². The number of rotatable bonds is 6. The Bertz CT molecular complexity index is 473. The molecule has 0 spiro atoms. The van der Waals surface area contributed by atoms with Gasteiger partial charge in [-0.25, -0.2) is 0 Å². The third kappa shape index (κ3) is 3.67. The third-order valence-electron chi connectivity index (χ3n) is 4.45. The van der Waals surface area contributed by atoms with Crippen molar-refractivity contribution < 1.29 is 28.5 Å². The zero-order valence-corrected chi connectivity index (χ0v) is 12.9. The fourth-order valence-corrected chi connectivity index (χ4v) is 2.68. The molecule has 6 heteroatoms. The molecule has 2 fully saturated rings. The van der Waals surface area contributed by atoms with Crippen molar-refractivity contribution in [2.45, 2.75) is 51.1 Å². The van der Waals surface area contributed by atoms with Gasteiger partial charge in [0.05, 0.1) is 24.0 Å². The van der Waals surface area contributed by atoms with Crippen molar-refractivity contribution in [3.63, 3.8) is 0 Å². The maximum atomic E-state index is 12.2. The maximum absolute atomic E-state index is 12.2. The van der Waals surface area contributed by atoms with E-state index in [1.54, 1.807) is 6.08 Å². The fraction of sp³-hybridized carbons (Fsp3) is 0.750. The number of hydrogen-bond acceptors (Lipinski definition) is 6. The quantitative estimate of drug-likeness (QED) is 0.417. The number of esters is 2. The molecule has 1 aliphatic carbocycles. The number of allylic oxidation sites excluding steroid dienone is 1. The van der Waals surface area contributed by atoms with Gasteiger partial charge in [-0.3, -0.25) is 9.59 Å².